The molecule has 8 bridgehead atoms. The van der Waals surface area contributed by atoms with Gasteiger partial charge >= 0.3 is 19.5 Å². The zero-order chi connectivity index (χ0) is 36.8. The van der Waals surface area contributed by atoms with Crippen LogP contribution in [0.15, 0.2) is 121 Å². The molecule has 0 radical (unpaired) electrons. The largest absolute Gasteiger partial charge is 2.00 e. The summed E-state index contributed by atoms with van der Waals surface area (Å²) in [5, 5.41) is 19.2. The second kappa shape index (κ2) is 15.4. The van der Waals surface area contributed by atoms with Crippen LogP contribution in [0.4, 0.5) is 0 Å². The van der Waals surface area contributed by atoms with Gasteiger partial charge in [-0.1, -0.05) is 72.8 Å². The van der Waals surface area contributed by atoms with Crippen LogP contribution in [0.25, 0.3) is 90.9 Å². The van der Waals surface area contributed by atoms with Crippen LogP contribution in [-0.2, 0) is 19.5 Å². The molecule has 254 valence electrons. The molecule has 2 aliphatic rings. The van der Waals surface area contributed by atoms with Gasteiger partial charge < -0.3 is 9.97 Å². The number of benzene rings is 4. The molecule has 0 fully saturated rings. The van der Waals surface area contributed by atoms with Crippen molar-refractivity contribution in [1.29, 1.82) is 10.5 Å². The maximum Gasteiger partial charge on any atom is 2.00 e. The Kier molecular flexibility index (Phi) is 10.2. The molecule has 2 aliphatic heterocycles. The van der Waals surface area contributed by atoms with Gasteiger partial charge in [0.25, 0.3) is 0 Å². The minimum absolute atomic E-state index is 0. The van der Waals surface area contributed by atoms with E-state index < -0.39 is 0 Å². The standard InChI is InChI=1S/C46H24I2N6.Zn/c47-33-5-1-3-31(23-33)45-39-19-15-35(51-39)43(29-11-7-27(25-49)8-12-29)37-17-21-41(53-37)46(32-4-2-6-34(48)24-32)42-22-18-38(54-42)44(36-16-20-40(45)52-36)30-13-9-28(26-50)10-14-30;/h1-24H;/q-2;+2. The number of hydrogen-bond donors (Lipinski definition) is 0. The monoisotopic (exact) mass is 978 g/mol. The average molecular weight is 980 g/mol. The number of halogens is 2. The molecule has 0 spiro atoms. The molecule has 0 saturated carbocycles. The summed E-state index contributed by atoms with van der Waals surface area (Å²) in [7, 11) is 0. The van der Waals surface area contributed by atoms with E-state index in [-0.39, 0.29) is 19.5 Å². The van der Waals surface area contributed by atoms with E-state index >= 15 is 0 Å². The van der Waals surface area contributed by atoms with Crippen LogP contribution < -0.4 is 9.97 Å². The summed E-state index contributed by atoms with van der Waals surface area (Å²) in [6.45, 7) is 0. The van der Waals surface area contributed by atoms with E-state index in [2.05, 4.69) is 93.7 Å². The van der Waals surface area contributed by atoms with Crippen molar-refractivity contribution in [2.75, 3.05) is 0 Å². The first-order valence-electron chi connectivity index (χ1n) is 17.0. The van der Waals surface area contributed by atoms with E-state index in [1.54, 1.807) is 0 Å². The van der Waals surface area contributed by atoms with Gasteiger partial charge in [0.2, 0.25) is 0 Å². The normalized spacial score (nSPS) is 11.5. The van der Waals surface area contributed by atoms with Gasteiger partial charge in [0.05, 0.1) is 46.0 Å². The molecular formula is C46H24I2N6Zn. The fraction of sp³-hybridized carbons (Fsp3) is 0. The van der Waals surface area contributed by atoms with Crippen molar-refractivity contribution in [3.63, 3.8) is 0 Å². The second-order valence-corrected chi connectivity index (χ2v) is 15.3. The first-order valence-corrected chi connectivity index (χ1v) is 19.2. The van der Waals surface area contributed by atoms with E-state index in [1.807, 2.05) is 109 Å². The molecule has 7 aromatic rings. The molecule has 9 rings (SSSR count). The fourth-order valence-electron chi connectivity index (χ4n) is 6.98. The van der Waals surface area contributed by atoms with Crippen LogP contribution in [0.1, 0.15) is 33.9 Å². The Morgan fingerprint density at radius 2 is 0.745 bits per heavy atom. The van der Waals surface area contributed by atoms with E-state index in [4.69, 9.17) is 19.9 Å². The summed E-state index contributed by atoms with van der Waals surface area (Å²) in [4.78, 5) is 21.2. The summed E-state index contributed by atoms with van der Waals surface area (Å²) < 4.78 is 2.19. The molecule has 55 heavy (non-hydrogen) atoms. The molecule has 3 aromatic heterocycles. The van der Waals surface area contributed by atoms with Crippen LogP contribution in [0, 0.1) is 29.8 Å². The van der Waals surface area contributed by atoms with Crippen LogP contribution >= 0.6 is 45.2 Å². The quantitative estimate of drug-likeness (QED) is 0.129. The van der Waals surface area contributed by atoms with Crippen molar-refractivity contribution in [1.82, 2.24) is 19.9 Å². The summed E-state index contributed by atoms with van der Waals surface area (Å²) >= 11 is 4.68. The van der Waals surface area contributed by atoms with Gasteiger partial charge in [-0.15, -0.1) is 22.1 Å². The third kappa shape index (κ3) is 7.00. The van der Waals surface area contributed by atoms with E-state index in [9.17, 15) is 10.5 Å². The predicted molar refractivity (Wildman–Crippen MR) is 233 cm³/mol. The summed E-state index contributed by atoms with van der Waals surface area (Å²) in [5.74, 6) is 0. The van der Waals surface area contributed by atoms with Gasteiger partial charge in [0, 0.05) is 7.14 Å². The van der Waals surface area contributed by atoms with Gasteiger partial charge in [-0.05, 0) is 163 Å². The molecule has 0 unspecified atom stereocenters. The number of nitriles is 2. The molecule has 5 heterocycles. The third-order valence-corrected chi connectivity index (χ3v) is 10.8. The molecule has 0 N–H and O–H groups in total. The zero-order valence-electron chi connectivity index (χ0n) is 29.0. The Labute approximate surface area is 357 Å². The Bertz CT molecular complexity index is 2770. The summed E-state index contributed by atoms with van der Waals surface area (Å²) in [6.07, 6.45) is 8.17. The third-order valence-electron chi connectivity index (χ3n) is 9.44. The maximum absolute atomic E-state index is 9.58. The van der Waals surface area contributed by atoms with Crippen LogP contribution in [0.3, 0.4) is 0 Å². The number of hydrogen-bond acceptors (Lipinski definition) is 4. The zero-order valence-corrected chi connectivity index (χ0v) is 36.3. The van der Waals surface area contributed by atoms with E-state index in [0.29, 0.717) is 11.1 Å². The smallest absolute Gasteiger partial charge is 0.657 e. The Hall–Kier alpha value is -5.46. The van der Waals surface area contributed by atoms with Crippen molar-refractivity contribution in [3.05, 3.63) is 162 Å². The first kappa shape index (κ1) is 36.5. The van der Waals surface area contributed by atoms with E-state index in [1.165, 1.54) is 0 Å². The van der Waals surface area contributed by atoms with Gasteiger partial charge in [0.1, 0.15) is 0 Å². The van der Waals surface area contributed by atoms with Gasteiger partial charge in [0.15, 0.2) is 0 Å². The Morgan fingerprint density at radius 3 is 1.05 bits per heavy atom. The van der Waals surface area contributed by atoms with Gasteiger partial charge in [-0.25, -0.2) is 9.97 Å². The molecule has 0 saturated heterocycles. The Balaban J connectivity index is 0.00000427. The fourth-order valence-corrected chi connectivity index (χ4v) is 8.07. The predicted octanol–water partition coefficient (Wildman–Crippen LogP) is 11.5. The van der Waals surface area contributed by atoms with Crippen molar-refractivity contribution >= 4 is 91.6 Å². The molecular weight excluding hydrogens is 956 g/mol. The van der Waals surface area contributed by atoms with Crippen molar-refractivity contribution < 1.29 is 19.5 Å². The minimum atomic E-state index is 0. The van der Waals surface area contributed by atoms with Crippen LogP contribution in [0.5, 0.6) is 0 Å². The molecule has 0 amide bonds. The van der Waals surface area contributed by atoms with Crippen molar-refractivity contribution in [3.8, 4) is 56.6 Å². The topological polar surface area (TPSA) is 102 Å². The average Bonchev–Trinajstić information content (AvgIpc) is 4.03. The number of rotatable bonds is 4. The SMILES string of the molecule is N#Cc1ccc(-c2c3nc(c(-c4cccc(I)c4)c4ccc([n-]4)c(-c4ccc(C#N)cc4)c4nc(c(-c5cccc(I)c5)c5ccc2[n-]5)C=C4)C=C3)cc1.[Zn+2]. The number of nitrogens with zero attached hydrogens (tertiary/aromatic N) is 6. The summed E-state index contributed by atoms with van der Waals surface area (Å²) in [5.41, 5.74) is 14.6. The van der Waals surface area contributed by atoms with Crippen molar-refractivity contribution in [2.24, 2.45) is 0 Å². The first-order chi connectivity index (χ1) is 26.4. The van der Waals surface area contributed by atoms with Crippen LogP contribution in [-0.4, -0.2) is 9.97 Å². The molecule has 4 aromatic carbocycles. The van der Waals surface area contributed by atoms with Gasteiger partial charge in [-0.2, -0.15) is 10.5 Å². The van der Waals surface area contributed by atoms with Crippen molar-refractivity contribution in [2.45, 2.75) is 0 Å². The number of aromatic nitrogens is 4. The van der Waals surface area contributed by atoms with Gasteiger partial charge in [-0.3, -0.25) is 0 Å². The Morgan fingerprint density at radius 1 is 0.418 bits per heavy atom. The molecule has 0 aliphatic carbocycles. The molecule has 6 nitrogen and oxygen atoms in total. The molecule has 9 heteroatoms. The number of fused-ring (bicyclic) bond motifs is 8. The minimum Gasteiger partial charge on any atom is -0.657 e. The van der Waals surface area contributed by atoms with Crippen LogP contribution in [0.2, 0.25) is 0 Å². The maximum atomic E-state index is 9.58. The summed E-state index contributed by atoms with van der Waals surface area (Å²) in [6, 6.07) is 44.5. The second-order valence-electron chi connectivity index (χ2n) is 12.8. The van der Waals surface area contributed by atoms with E-state index in [0.717, 1.165) is 96.5 Å². The molecule has 0 atom stereocenters.